The molecule has 2 rings (SSSR count). The molecule has 0 amide bonds. The third-order valence-corrected chi connectivity index (χ3v) is 4.30. The molecule has 1 aliphatic rings. The van der Waals surface area contributed by atoms with Crippen LogP contribution in [0.2, 0.25) is 0 Å². The molecule has 14 heavy (non-hydrogen) atoms. The number of hydrogen-bond donors (Lipinski definition) is 1. The highest BCUT2D eigenvalue weighted by Crippen LogP contribution is 2.37. The van der Waals surface area contributed by atoms with E-state index < -0.39 is 5.97 Å². The minimum absolute atomic E-state index is 0.460. The average molecular weight is 226 g/mol. The first-order chi connectivity index (χ1) is 6.72. The summed E-state index contributed by atoms with van der Waals surface area (Å²) in [5.74, 6) is -0.00718. The Morgan fingerprint density at radius 3 is 3.07 bits per heavy atom. The second-order valence-electron chi connectivity index (χ2n) is 3.06. The van der Waals surface area contributed by atoms with Crippen molar-refractivity contribution in [3.63, 3.8) is 0 Å². The quantitative estimate of drug-likeness (QED) is 0.842. The fourth-order valence-electron chi connectivity index (χ4n) is 1.45. The van der Waals surface area contributed by atoms with Crippen molar-refractivity contribution in [2.24, 2.45) is 0 Å². The SMILES string of the molecule is CCc1csc2c1CSC(C(=O)O)=C2. The highest BCUT2D eigenvalue weighted by atomic mass is 32.2. The van der Waals surface area contributed by atoms with Crippen molar-refractivity contribution >= 4 is 35.1 Å². The number of fused-ring (bicyclic) bond motifs is 1. The highest BCUT2D eigenvalue weighted by molar-refractivity contribution is 8.03. The molecular formula is C10H10O2S2. The van der Waals surface area contributed by atoms with Crippen molar-refractivity contribution in [2.45, 2.75) is 19.1 Å². The minimum atomic E-state index is -0.813. The maximum Gasteiger partial charge on any atom is 0.342 e. The second kappa shape index (κ2) is 3.79. The molecule has 2 heterocycles. The summed E-state index contributed by atoms with van der Waals surface area (Å²) in [7, 11) is 0. The molecule has 1 aromatic rings. The summed E-state index contributed by atoms with van der Waals surface area (Å²) in [6.45, 7) is 2.13. The Bertz CT molecular complexity index is 404. The van der Waals surface area contributed by atoms with Crippen LogP contribution in [-0.2, 0) is 17.0 Å². The molecule has 74 valence electrons. The number of thioether (sulfide) groups is 1. The van der Waals surface area contributed by atoms with Crippen molar-refractivity contribution in [1.82, 2.24) is 0 Å². The summed E-state index contributed by atoms with van der Waals surface area (Å²) < 4.78 is 0. The zero-order valence-corrected chi connectivity index (χ0v) is 9.37. The van der Waals surface area contributed by atoms with E-state index in [1.54, 1.807) is 17.4 Å². The average Bonchev–Trinajstić information content (AvgIpc) is 2.59. The third kappa shape index (κ3) is 1.60. The van der Waals surface area contributed by atoms with Gasteiger partial charge in [-0.15, -0.1) is 23.1 Å². The van der Waals surface area contributed by atoms with E-state index in [1.165, 1.54) is 22.9 Å². The van der Waals surface area contributed by atoms with Gasteiger partial charge in [-0.05, 0) is 29.0 Å². The lowest BCUT2D eigenvalue weighted by Crippen LogP contribution is -2.01. The zero-order valence-electron chi connectivity index (χ0n) is 7.74. The highest BCUT2D eigenvalue weighted by Gasteiger charge is 2.19. The van der Waals surface area contributed by atoms with Crippen LogP contribution in [0.4, 0.5) is 0 Å². The number of aliphatic carboxylic acids is 1. The van der Waals surface area contributed by atoms with Gasteiger partial charge in [0.1, 0.15) is 0 Å². The Balaban J connectivity index is 2.41. The van der Waals surface area contributed by atoms with E-state index in [0.29, 0.717) is 4.91 Å². The maximum atomic E-state index is 10.8. The number of thiophene rings is 1. The summed E-state index contributed by atoms with van der Waals surface area (Å²) >= 11 is 3.06. The van der Waals surface area contributed by atoms with Gasteiger partial charge in [0.15, 0.2) is 0 Å². The molecule has 0 saturated heterocycles. The van der Waals surface area contributed by atoms with Gasteiger partial charge in [0.2, 0.25) is 0 Å². The molecule has 0 bridgehead atoms. The molecule has 4 heteroatoms. The van der Waals surface area contributed by atoms with E-state index in [-0.39, 0.29) is 0 Å². The maximum absolute atomic E-state index is 10.8. The monoisotopic (exact) mass is 226 g/mol. The summed E-state index contributed by atoms with van der Waals surface area (Å²) in [6, 6.07) is 0. The van der Waals surface area contributed by atoms with E-state index >= 15 is 0 Å². The Hall–Kier alpha value is -0.740. The smallest absolute Gasteiger partial charge is 0.342 e. The van der Waals surface area contributed by atoms with Gasteiger partial charge in [-0.25, -0.2) is 4.79 Å². The van der Waals surface area contributed by atoms with Crippen LogP contribution in [-0.4, -0.2) is 11.1 Å². The predicted molar refractivity (Wildman–Crippen MR) is 60.6 cm³/mol. The number of carboxylic acids is 1. The first-order valence-electron chi connectivity index (χ1n) is 4.39. The molecule has 0 aliphatic carbocycles. The number of hydrogen-bond acceptors (Lipinski definition) is 3. The Kier molecular flexibility index (Phi) is 2.65. The summed E-state index contributed by atoms with van der Waals surface area (Å²) in [5, 5.41) is 11.0. The van der Waals surface area contributed by atoms with Crippen LogP contribution < -0.4 is 0 Å². The van der Waals surface area contributed by atoms with Gasteiger partial charge in [0.05, 0.1) is 4.91 Å². The summed E-state index contributed by atoms with van der Waals surface area (Å²) in [5.41, 5.74) is 2.69. The minimum Gasteiger partial charge on any atom is -0.477 e. The third-order valence-electron chi connectivity index (χ3n) is 2.24. The lowest BCUT2D eigenvalue weighted by Gasteiger charge is -2.10. The van der Waals surface area contributed by atoms with Gasteiger partial charge in [-0.3, -0.25) is 0 Å². The fourth-order valence-corrected chi connectivity index (χ4v) is 3.69. The number of rotatable bonds is 2. The molecule has 1 N–H and O–H groups in total. The molecule has 0 unspecified atom stereocenters. The standard InChI is InChI=1S/C10H10O2S2/c1-2-6-4-13-8-3-9(10(11)12)14-5-7(6)8/h3-4H,2,5H2,1H3,(H,11,12). The summed E-state index contributed by atoms with van der Waals surface area (Å²) in [4.78, 5) is 12.3. The molecule has 0 saturated carbocycles. The van der Waals surface area contributed by atoms with Crippen LogP contribution in [0.3, 0.4) is 0 Å². The predicted octanol–water partition coefficient (Wildman–Crippen LogP) is 2.98. The Labute approximate surface area is 90.6 Å². The van der Waals surface area contributed by atoms with E-state index in [1.807, 2.05) is 0 Å². The second-order valence-corrected chi connectivity index (χ2v) is 4.99. The van der Waals surface area contributed by atoms with Gasteiger partial charge in [0.25, 0.3) is 0 Å². The first kappa shape index (κ1) is 9.80. The summed E-state index contributed by atoms with van der Waals surface area (Å²) in [6.07, 6.45) is 2.82. The molecule has 0 radical (unpaired) electrons. The zero-order chi connectivity index (χ0) is 10.1. The van der Waals surface area contributed by atoms with Gasteiger partial charge < -0.3 is 5.11 Å². The Morgan fingerprint density at radius 2 is 2.43 bits per heavy atom. The van der Waals surface area contributed by atoms with Crippen LogP contribution >= 0.6 is 23.1 Å². The molecule has 2 nitrogen and oxygen atoms in total. The van der Waals surface area contributed by atoms with Gasteiger partial charge in [-0.2, -0.15) is 0 Å². The molecule has 0 spiro atoms. The van der Waals surface area contributed by atoms with Gasteiger partial charge in [-0.1, -0.05) is 6.92 Å². The number of carbonyl (C=O) groups is 1. The van der Waals surface area contributed by atoms with Crippen molar-refractivity contribution in [2.75, 3.05) is 0 Å². The van der Waals surface area contributed by atoms with Crippen LogP contribution in [0.5, 0.6) is 0 Å². The van der Waals surface area contributed by atoms with Crippen molar-refractivity contribution in [1.29, 1.82) is 0 Å². The molecule has 0 aromatic carbocycles. The molecule has 0 atom stereocenters. The van der Waals surface area contributed by atoms with Gasteiger partial charge >= 0.3 is 5.97 Å². The molecule has 0 fully saturated rings. The van der Waals surface area contributed by atoms with Crippen LogP contribution in [0, 0.1) is 0 Å². The fraction of sp³-hybridized carbons (Fsp3) is 0.300. The lowest BCUT2D eigenvalue weighted by molar-refractivity contribution is -0.131. The molecule has 1 aliphatic heterocycles. The van der Waals surface area contributed by atoms with E-state index in [0.717, 1.165) is 17.1 Å². The van der Waals surface area contributed by atoms with Crippen LogP contribution in [0.1, 0.15) is 22.9 Å². The van der Waals surface area contributed by atoms with E-state index in [2.05, 4.69) is 12.3 Å². The number of aryl methyl sites for hydroxylation is 1. The molecule has 1 aromatic heterocycles. The largest absolute Gasteiger partial charge is 0.477 e. The van der Waals surface area contributed by atoms with E-state index in [9.17, 15) is 4.79 Å². The first-order valence-corrected chi connectivity index (χ1v) is 6.26. The lowest BCUT2D eigenvalue weighted by atomic mass is 10.1. The Morgan fingerprint density at radius 1 is 1.64 bits per heavy atom. The topological polar surface area (TPSA) is 37.3 Å². The van der Waals surface area contributed by atoms with Gasteiger partial charge in [0, 0.05) is 10.6 Å². The van der Waals surface area contributed by atoms with Crippen molar-refractivity contribution < 1.29 is 9.90 Å². The number of carboxylic acid groups (broad SMARTS) is 1. The van der Waals surface area contributed by atoms with Crippen molar-refractivity contribution in [3.05, 3.63) is 26.3 Å². The normalized spacial score (nSPS) is 14.8. The van der Waals surface area contributed by atoms with Crippen LogP contribution in [0.15, 0.2) is 10.3 Å². The molecular weight excluding hydrogens is 216 g/mol. The van der Waals surface area contributed by atoms with Crippen LogP contribution in [0.25, 0.3) is 6.08 Å². The van der Waals surface area contributed by atoms with E-state index in [4.69, 9.17) is 5.11 Å². The van der Waals surface area contributed by atoms with Crippen molar-refractivity contribution in [3.8, 4) is 0 Å².